The van der Waals surface area contributed by atoms with E-state index < -0.39 is 0 Å². The Morgan fingerprint density at radius 2 is 1.89 bits per heavy atom. The second kappa shape index (κ2) is 7.03. The number of benzene rings is 2. The molecule has 1 amide bonds. The predicted molar refractivity (Wildman–Crippen MR) is 122 cm³/mol. The van der Waals surface area contributed by atoms with Gasteiger partial charge in [0.05, 0.1) is 5.56 Å². The van der Waals surface area contributed by atoms with Gasteiger partial charge in [0.1, 0.15) is 3.70 Å². The average Bonchev–Trinajstić information content (AvgIpc) is 3.10. The number of fused-ring (bicyclic) bond motifs is 1. The predicted octanol–water partition coefficient (Wildman–Crippen LogP) is 5.73. The number of hydrogen-bond acceptors (Lipinski definition) is 2. The Labute approximate surface area is 179 Å². The summed E-state index contributed by atoms with van der Waals surface area (Å²) in [4.78, 5) is 12.9. The summed E-state index contributed by atoms with van der Waals surface area (Å²) in [6, 6.07) is 14.6. The van der Waals surface area contributed by atoms with Gasteiger partial charge in [0.15, 0.2) is 0 Å². The van der Waals surface area contributed by atoms with Gasteiger partial charge in [0.25, 0.3) is 5.91 Å². The van der Waals surface area contributed by atoms with Gasteiger partial charge < -0.3 is 5.32 Å². The number of aromatic nitrogens is 2. The summed E-state index contributed by atoms with van der Waals surface area (Å²) >= 11 is 2.10. The first-order valence-corrected chi connectivity index (χ1v) is 10.6. The van der Waals surface area contributed by atoms with Crippen LogP contribution in [0, 0.1) is 3.70 Å². The highest BCUT2D eigenvalue weighted by Crippen LogP contribution is 2.49. The van der Waals surface area contributed by atoms with Crippen LogP contribution in [0.1, 0.15) is 54.6 Å². The molecule has 5 heteroatoms. The molecule has 2 aromatic carbocycles. The number of halogens is 1. The topological polar surface area (TPSA) is 46.9 Å². The van der Waals surface area contributed by atoms with Crippen molar-refractivity contribution >= 4 is 34.2 Å². The third-order valence-electron chi connectivity index (χ3n) is 5.64. The van der Waals surface area contributed by atoms with Gasteiger partial charge in [-0.25, -0.2) is 0 Å². The van der Waals surface area contributed by atoms with Crippen LogP contribution in [0.5, 0.6) is 0 Å². The van der Waals surface area contributed by atoms with Crippen LogP contribution in [0.3, 0.4) is 0 Å². The average molecular weight is 485 g/mol. The van der Waals surface area contributed by atoms with Crippen molar-refractivity contribution in [2.24, 2.45) is 7.05 Å². The molecule has 0 radical (unpaired) electrons. The number of rotatable bonds is 3. The summed E-state index contributed by atoms with van der Waals surface area (Å²) < 4.78 is 2.36. The summed E-state index contributed by atoms with van der Waals surface area (Å²) in [6.07, 6.45) is 2.90. The number of hydrogen-bond donors (Lipinski definition) is 1. The molecule has 1 atom stereocenters. The van der Waals surface area contributed by atoms with Gasteiger partial charge >= 0.3 is 0 Å². The van der Waals surface area contributed by atoms with Crippen LogP contribution in [0.2, 0.25) is 0 Å². The first-order valence-electron chi connectivity index (χ1n) is 9.51. The Morgan fingerprint density at radius 3 is 2.61 bits per heavy atom. The minimum Gasteiger partial charge on any atom is -0.321 e. The second-order valence-electron chi connectivity index (χ2n) is 8.26. The van der Waals surface area contributed by atoms with E-state index in [2.05, 4.69) is 78.0 Å². The van der Waals surface area contributed by atoms with E-state index in [-0.39, 0.29) is 11.3 Å². The number of carbonyl (C=O) groups excluding carboxylic acids is 1. The van der Waals surface area contributed by atoms with Crippen LogP contribution < -0.4 is 5.32 Å². The van der Waals surface area contributed by atoms with Crippen molar-refractivity contribution in [1.29, 1.82) is 0 Å². The maximum absolute atomic E-state index is 12.9. The highest BCUT2D eigenvalue weighted by molar-refractivity contribution is 14.1. The first-order chi connectivity index (χ1) is 13.3. The molecular formula is C23H24IN3O. The van der Waals surface area contributed by atoms with Gasteiger partial charge in [0, 0.05) is 24.5 Å². The number of nitrogens with one attached hydrogen (secondary N) is 1. The molecule has 1 aliphatic rings. The Hall–Kier alpha value is -2.15. The highest BCUT2D eigenvalue weighted by atomic mass is 127. The van der Waals surface area contributed by atoms with Crippen molar-refractivity contribution in [2.75, 3.05) is 5.32 Å². The molecule has 0 fully saturated rings. The molecule has 144 valence electrons. The fourth-order valence-corrected chi connectivity index (χ4v) is 5.25. The van der Waals surface area contributed by atoms with E-state index in [0.717, 1.165) is 17.7 Å². The zero-order chi connectivity index (χ0) is 20.1. The molecule has 1 heterocycles. The van der Waals surface area contributed by atoms with Crippen LogP contribution in [-0.2, 0) is 12.5 Å². The standard InChI is InChI=1S/C23H24IN3O/c1-14-12-23(2,3)18-10-7-9-16(20(14)18)15-8-5-6-11-19(15)25-22(28)17-13-27(4)26-21(17)24/h5-11,13-14H,12H2,1-4H3,(H,25,28). The minimum absolute atomic E-state index is 0.133. The number of anilines is 1. The third kappa shape index (κ3) is 3.26. The Bertz CT molecular complexity index is 1070. The van der Waals surface area contributed by atoms with Crippen molar-refractivity contribution < 1.29 is 4.79 Å². The third-order valence-corrected chi connectivity index (χ3v) is 6.44. The normalized spacial score (nSPS) is 17.4. The van der Waals surface area contributed by atoms with Crippen LogP contribution in [0.25, 0.3) is 11.1 Å². The monoisotopic (exact) mass is 485 g/mol. The quantitative estimate of drug-likeness (QED) is 0.482. The van der Waals surface area contributed by atoms with E-state index in [1.54, 1.807) is 10.9 Å². The van der Waals surface area contributed by atoms with Crippen molar-refractivity contribution in [1.82, 2.24) is 9.78 Å². The van der Waals surface area contributed by atoms with Gasteiger partial charge in [-0.15, -0.1) is 0 Å². The Morgan fingerprint density at radius 1 is 1.18 bits per heavy atom. The molecular weight excluding hydrogens is 461 g/mol. The maximum Gasteiger partial charge on any atom is 0.259 e. The van der Waals surface area contributed by atoms with Crippen molar-refractivity contribution in [2.45, 2.75) is 38.5 Å². The molecule has 0 saturated carbocycles. The first kappa shape index (κ1) is 19.2. The Balaban J connectivity index is 1.77. The molecule has 28 heavy (non-hydrogen) atoms. The molecule has 0 spiro atoms. The van der Waals surface area contributed by atoms with Gasteiger partial charge in [-0.2, -0.15) is 5.10 Å². The molecule has 0 bridgehead atoms. The molecule has 4 nitrogen and oxygen atoms in total. The van der Waals surface area contributed by atoms with Crippen LogP contribution in [-0.4, -0.2) is 15.7 Å². The lowest BCUT2D eigenvalue weighted by Crippen LogP contribution is -2.13. The van der Waals surface area contributed by atoms with Gasteiger partial charge in [-0.1, -0.05) is 57.2 Å². The van der Waals surface area contributed by atoms with E-state index in [1.807, 2.05) is 25.2 Å². The van der Waals surface area contributed by atoms with Gasteiger partial charge in [-0.05, 0) is 63.1 Å². The van der Waals surface area contributed by atoms with Gasteiger partial charge in [0.2, 0.25) is 0 Å². The fourth-order valence-electron chi connectivity index (χ4n) is 4.53. The molecule has 1 aromatic heterocycles. The summed E-state index contributed by atoms with van der Waals surface area (Å²) in [6.45, 7) is 6.94. The number of nitrogens with zero attached hydrogens (tertiary/aromatic N) is 2. The maximum atomic E-state index is 12.9. The van der Waals surface area contributed by atoms with Crippen LogP contribution in [0.4, 0.5) is 5.69 Å². The largest absolute Gasteiger partial charge is 0.321 e. The van der Waals surface area contributed by atoms with E-state index in [1.165, 1.54) is 16.7 Å². The summed E-state index contributed by atoms with van der Waals surface area (Å²) in [5.41, 5.74) is 6.70. The molecule has 0 saturated heterocycles. The van der Waals surface area contributed by atoms with Crippen LogP contribution in [0.15, 0.2) is 48.7 Å². The Kier molecular flexibility index (Phi) is 4.81. The zero-order valence-electron chi connectivity index (χ0n) is 16.6. The molecule has 4 rings (SSSR count). The summed E-state index contributed by atoms with van der Waals surface area (Å²) in [5.74, 6) is 0.357. The van der Waals surface area contributed by atoms with Crippen LogP contribution >= 0.6 is 22.6 Å². The SMILES string of the molecule is CC1CC(C)(C)c2cccc(-c3ccccc3NC(=O)c3cn(C)nc3I)c21. The zero-order valence-corrected chi connectivity index (χ0v) is 18.7. The number of carbonyl (C=O) groups is 1. The summed E-state index contributed by atoms with van der Waals surface area (Å²) in [7, 11) is 1.82. The lowest BCUT2D eigenvalue weighted by Gasteiger charge is -2.20. The minimum atomic E-state index is -0.133. The second-order valence-corrected chi connectivity index (χ2v) is 9.28. The van der Waals surface area contributed by atoms with E-state index >= 15 is 0 Å². The van der Waals surface area contributed by atoms with Gasteiger partial charge in [-0.3, -0.25) is 9.48 Å². The van der Waals surface area contributed by atoms with Crippen molar-refractivity contribution in [3.63, 3.8) is 0 Å². The van der Waals surface area contributed by atoms with E-state index in [4.69, 9.17) is 0 Å². The lowest BCUT2D eigenvalue weighted by atomic mass is 9.85. The van der Waals surface area contributed by atoms with Crippen molar-refractivity contribution in [3.8, 4) is 11.1 Å². The summed E-state index contributed by atoms with van der Waals surface area (Å²) in [5, 5.41) is 7.38. The smallest absolute Gasteiger partial charge is 0.259 e. The molecule has 1 unspecified atom stereocenters. The van der Waals surface area contributed by atoms with E-state index in [9.17, 15) is 4.79 Å². The number of aryl methyl sites for hydroxylation is 1. The number of para-hydroxylation sites is 1. The molecule has 3 aromatic rings. The lowest BCUT2D eigenvalue weighted by molar-refractivity contribution is 0.102. The highest BCUT2D eigenvalue weighted by Gasteiger charge is 2.36. The van der Waals surface area contributed by atoms with E-state index in [0.29, 0.717) is 15.2 Å². The molecule has 0 aliphatic heterocycles. The molecule has 1 aliphatic carbocycles. The van der Waals surface area contributed by atoms with Crippen molar-refractivity contribution in [3.05, 3.63) is 69.1 Å². The number of amides is 1. The fraction of sp³-hybridized carbons (Fsp3) is 0.304. The molecule has 1 N–H and O–H groups in total.